The number of aliphatic hydroxyl groups is 3. The molecule has 0 amide bonds. The highest BCUT2D eigenvalue weighted by Gasteiger charge is 2.54. The molecule has 37 heavy (non-hydrogen) atoms. The molecule has 1 heterocycles. The van der Waals surface area contributed by atoms with Gasteiger partial charge in [0.15, 0.2) is 0 Å². The Morgan fingerprint density at radius 3 is 2.68 bits per heavy atom. The lowest BCUT2D eigenvalue weighted by atomic mass is 9.61. The second-order valence-corrected chi connectivity index (χ2v) is 12.5. The van der Waals surface area contributed by atoms with Crippen LogP contribution in [-0.4, -0.2) is 38.6 Å². The van der Waals surface area contributed by atoms with Crippen molar-refractivity contribution in [1.82, 2.24) is 4.98 Å². The van der Waals surface area contributed by atoms with Crippen molar-refractivity contribution in [2.75, 3.05) is 0 Å². The van der Waals surface area contributed by atoms with Gasteiger partial charge in [-0.05, 0) is 85.7 Å². The summed E-state index contributed by atoms with van der Waals surface area (Å²) in [5.74, 6) is 3.10. The molecule has 7 atom stereocenters. The fraction of sp³-hybridized carbons (Fsp3) is 0.656. The molecule has 0 unspecified atom stereocenters. The predicted molar refractivity (Wildman–Crippen MR) is 146 cm³/mol. The molecule has 4 aliphatic rings. The minimum Gasteiger partial charge on any atom is -0.445 e. The Balaban J connectivity index is 1.28. The number of aromatic nitrogens is 1. The lowest BCUT2D eigenvalue weighted by Crippen LogP contribution is -2.35. The first-order valence-corrected chi connectivity index (χ1v) is 14.4. The maximum absolute atomic E-state index is 11.1. The quantitative estimate of drug-likeness (QED) is 0.396. The van der Waals surface area contributed by atoms with E-state index in [9.17, 15) is 15.3 Å². The van der Waals surface area contributed by atoms with Gasteiger partial charge in [-0.3, -0.25) is 0 Å². The number of nitrogens with zero attached hydrogens (tertiary/aromatic N) is 1. The molecule has 5 rings (SSSR count). The number of fused-ring (bicyclic) bond motifs is 1. The SMILES string of the molecule is C=C1/C(=C\C=C2/CCC[C@]3(C)[C@@H]([C@H](C)/C=C/[C@H](O)C4(c5ncc(CC)o5)CC4)CC[C@@H]23)C[C@@H](O)C[C@@H]1O. The Morgan fingerprint density at radius 1 is 1.19 bits per heavy atom. The van der Waals surface area contributed by atoms with Crippen molar-refractivity contribution in [3.05, 3.63) is 65.5 Å². The fourth-order valence-electron chi connectivity index (χ4n) is 7.68. The van der Waals surface area contributed by atoms with Crippen LogP contribution in [0.4, 0.5) is 0 Å². The Morgan fingerprint density at radius 2 is 1.97 bits per heavy atom. The second-order valence-electron chi connectivity index (χ2n) is 12.5. The van der Waals surface area contributed by atoms with E-state index < -0.39 is 18.3 Å². The molecule has 0 bridgehead atoms. The molecule has 0 aliphatic heterocycles. The van der Waals surface area contributed by atoms with E-state index in [2.05, 4.69) is 50.6 Å². The van der Waals surface area contributed by atoms with Gasteiger partial charge in [-0.25, -0.2) is 4.98 Å². The molecule has 0 saturated heterocycles. The average molecular weight is 508 g/mol. The fourth-order valence-corrected chi connectivity index (χ4v) is 7.68. The summed E-state index contributed by atoms with van der Waals surface area (Å²) in [4.78, 5) is 4.48. The topological polar surface area (TPSA) is 86.7 Å². The summed E-state index contributed by atoms with van der Waals surface area (Å²) < 4.78 is 5.92. The van der Waals surface area contributed by atoms with Crippen LogP contribution in [0.1, 0.15) is 90.2 Å². The summed E-state index contributed by atoms with van der Waals surface area (Å²) in [5, 5.41) is 31.4. The van der Waals surface area contributed by atoms with E-state index in [4.69, 9.17) is 4.42 Å². The van der Waals surface area contributed by atoms with E-state index in [1.165, 1.54) is 31.3 Å². The zero-order valence-corrected chi connectivity index (χ0v) is 22.8. The van der Waals surface area contributed by atoms with E-state index in [0.717, 1.165) is 42.6 Å². The molecule has 202 valence electrons. The van der Waals surface area contributed by atoms with Crippen LogP contribution in [0.5, 0.6) is 0 Å². The third-order valence-corrected chi connectivity index (χ3v) is 10.2. The molecular weight excluding hydrogens is 462 g/mol. The maximum atomic E-state index is 11.1. The van der Waals surface area contributed by atoms with E-state index >= 15 is 0 Å². The third-order valence-electron chi connectivity index (χ3n) is 10.2. The van der Waals surface area contributed by atoms with Crippen LogP contribution in [0, 0.1) is 23.2 Å². The number of hydrogen-bond acceptors (Lipinski definition) is 5. The van der Waals surface area contributed by atoms with Crippen molar-refractivity contribution >= 4 is 0 Å². The summed E-state index contributed by atoms with van der Waals surface area (Å²) in [5.41, 5.74) is 3.15. The molecule has 0 spiro atoms. The predicted octanol–water partition coefficient (Wildman–Crippen LogP) is 5.96. The standard InChI is InChI=1S/C32H45NO4/c1-5-25-19-33-30(37-25)32(15-16-32)29(36)13-8-20(2)26-11-12-27-22(7-6-14-31(26,27)4)9-10-23-17-24(34)18-28(35)21(23)3/h8-10,13,19-20,24,26-29,34-36H,3,5-7,11-12,14-18H2,1-2,4H3/b13-8+,22-9+,23-10-/t20-,24-,26-,27+,28+,29+,31-/m1/s1. The summed E-state index contributed by atoms with van der Waals surface area (Å²) in [7, 11) is 0. The Bertz CT molecular complexity index is 1090. The molecule has 4 fully saturated rings. The highest BCUT2D eigenvalue weighted by Crippen LogP contribution is 2.60. The van der Waals surface area contributed by atoms with Crippen LogP contribution in [0.25, 0.3) is 0 Å². The van der Waals surface area contributed by atoms with E-state index in [1.54, 1.807) is 6.20 Å². The van der Waals surface area contributed by atoms with Gasteiger partial charge in [0.1, 0.15) is 5.76 Å². The highest BCUT2D eigenvalue weighted by molar-refractivity contribution is 5.38. The lowest BCUT2D eigenvalue weighted by molar-refractivity contribution is 0.0862. The molecule has 3 N–H and O–H groups in total. The van der Waals surface area contributed by atoms with Crippen LogP contribution in [-0.2, 0) is 11.8 Å². The first kappa shape index (κ1) is 26.6. The molecule has 0 radical (unpaired) electrons. The van der Waals surface area contributed by atoms with Crippen molar-refractivity contribution in [1.29, 1.82) is 0 Å². The molecule has 4 aliphatic carbocycles. The van der Waals surface area contributed by atoms with Gasteiger partial charge in [0.05, 0.1) is 29.9 Å². The van der Waals surface area contributed by atoms with Crippen LogP contribution in [0.3, 0.4) is 0 Å². The first-order chi connectivity index (χ1) is 17.7. The van der Waals surface area contributed by atoms with Gasteiger partial charge in [-0.2, -0.15) is 0 Å². The molecule has 4 saturated carbocycles. The normalized spacial score (nSPS) is 37.3. The lowest BCUT2D eigenvalue weighted by Gasteiger charge is -2.44. The van der Waals surface area contributed by atoms with Gasteiger partial charge >= 0.3 is 0 Å². The first-order valence-electron chi connectivity index (χ1n) is 14.4. The van der Waals surface area contributed by atoms with Gasteiger partial charge in [-0.15, -0.1) is 0 Å². The third kappa shape index (κ3) is 4.95. The van der Waals surface area contributed by atoms with Gasteiger partial charge in [0.25, 0.3) is 0 Å². The van der Waals surface area contributed by atoms with Crippen molar-refractivity contribution < 1.29 is 19.7 Å². The Hall–Kier alpha value is -1.95. The van der Waals surface area contributed by atoms with Crippen molar-refractivity contribution in [3.63, 3.8) is 0 Å². The zero-order chi connectivity index (χ0) is 26.4. The Kier molecular flexibility index (Phi) is 7.43. The zero-order valence-electron chi connectivity index (χ0n) is 22.8. The molecule has 5 nitrogen and oxygen atoms in total. The van der Waals surface area contributed by atoms with Crippen LogP contribution in [0.15, 0.2) is 58.2 Å². The van der Waals surface area contributed by atoms with Crippen LogP contribution >= 0.6 is 0 Å². The number of aryl methyl sites for hydroxylation is 1. The minimum absolute atomic E-state index is 0.246. The van der Waals surface area contributed by atoms with Gasteiger partial charge in [0.2, 0.25) is 5.89 Å². The van der Waals surface area contributed by atoms with Gasteiger partial charge in [0, 0.05) is 12.8 Å². The maximum Gasteiger partial charge on any atom is 0.203 e. The molecule has 0 aromatic carbocycles. The van der Waals surface area contributed by atoms with Crippen molar-refractivity contribution in [2.45, 2.75) is 109 Å². The largest absolute Gasteiger partial charge is 0.445 e. The van der Waals surface area contributed by atoms with E-state index in [1.807, 2.05) is 6.08 Å². The number of hydrogen-bond donors (Lipinski definition) is 3. The number of allylic oxidation sites excluding steroid dienone is 4. The van der Waals surface area contributed by atoms with Crippen LogP contribution in [0.2, 0.25) is 0 Å². The molecular formula is C32H45NO4. The smallest absolute Gasteiger partial charge is 0.203 e. The van der Waals surface area contributed by atoms with Crippen molar-refractivity contribution in [2.24, 2.45) is 23.2 Å². The monoisotopic (exact) mass is 507 g/mol. The van der Waals surface area contributed by atoms with E-state index in [-0.39, 0.29) is 10.8 Å². The average Bonchev–Trinajstić information content (AvgIpc) is 3.39. The van der Waals surface area contributed by atoms with Crippen LogP contribution < -0.4 is 0 Å². The number of aliphatic hydroxyl groups excluding tert-OH is 3. The highest BCUT2D eigenvalue weighted by atomic mass is 16.4. The van der Waals surface area contributed by atoms with E-state index in [0.29, 0.717) is 36.5 Å². The second kappa shape index (κ2) is 10.3. The summed E-state index contributed by atoms with van der Waals surface area (Å²) in [6, 6.07) is 0. The summed E-state index contributed by atoms with van der Waals surface area (Å²) >= 11 is 0. The minimum atomic E-state index is -0.643. The van der Waals surface area contributed by atoms with Crippen molar-refractivity contribution in [3.8, 4) is 0 Å². The molecule has 1 aromatic rings. The molecule has 5 heteroatoms. The summed E-state index contributed by atoms with van der Waals surface area (Å²) in [6.45, 7) is 10.9. The summed E-state index contributed by atoms with van der Waals surface area (Å²) in [6.07, 6.45) is 18.3. The molecule has 1 aromatic heterocycles. The Labute approximate surface area is 222 Å². The number of rotatable bonds is 7. The number of oxazole rings is 1. The van der Waals surface area contributed by atoms with Gasteiger partial charge in [-0.1, -0.05) is 57.2 Å². The van der Waals surface area contributed by atoms with Gasteiger partial charge < -0.3 is 19.7 Å².